The highest BCUT2D eigenvalue weighted by Crippen LogP contribution is 2.30. The van der Waals surface area contributed by atoms with Crippen molar-refractivity contribution in [2.45, 2.75) is 46.1 Å². The number of nitrogens with one attached hydrogen (secondary N) is 1. The predicted molar refractivity (Wildman–Crippen MR) is 60.6 cm³/mol. The van der Waals surface area contributed by atoms with E-state index in [1.807, 2.05) is 6.92 Å². The average Bonchev–Trinajstić information content (AvgIpc) is 2.50. The van der Waals surface area contributed by atoms with Crippen molar-refractivity contribution in [3.05, 3.63) is 0 Å². The molecule has 0 aromatic heterocycles. The highest BCUT2D eigenvalue weighted by Gasteiger charge is 2.28. The van der Waals surface area contributed by atoms with Gasteiger partial charge in [0.05, 0.1) is 13.0 Å². The van der Waals surface area contributed by atoms with Crippen LogP contribution in [0, 0.1) is 11.8 Å². The molecule has 0 aromatic carbocycles. The summed E-state index contributed by atoms with van der Waals surface area (Å²) in [5, 5.41) is 3.45. The average molecular weight is 213 g/mol. The van der Waals surface area contributed by atoms with E-state index in [0.29, 0.717) is 19.1 Å². The highest BCUT2D eigenvalue weighted by molar-refractivity contribution is 5.69. The lowest BCUT2D eigenvalue weighted by atomic mass is 9.98. The topological polar surface area (TPSA) is 38.3 Å². The molecule has 88 valence electrons. The van der Waals surface area contributed by atoms with Crippen molar-refractivity contribution in [1.82, 2.24) is 5.32 Å². The maximum Gasteiger partial charge on any atom is 0.307 e. The van der Waals surface area contributed by atoms with Gasteiger partial charge in [-0.1, -0.05) is 13.8 Å². The molecular formula is C12H23NO2. The molecule has 1 rings (SSSR count). The van der Waals surface area contributed by atoms with Crippen LogP contribution in [0.4, 0.5) is 0 Å². The minimum Gasteiger partial charge on any atom is -0.466 e. The molecular weight excluding hydrogens is 190 g/mol. The fourth-order valence-electron chi connectivity index (χ4n) is 2.25. The molecule has 1 N–H and O–H groups in total. The van der Waals surface area contributed by atoms with Gasteiger partial charge in [-0.2, -0.15) is 0 Å². The second-order valence-electron chi connectivity index (χ2n) is 4.53. The van der Waals surface area contributed by atoms with Crippen molar-refractivity contribution < 1.29 is 9.53 Å². The molecule has 0 bridgehead atoms. The largest absolute Gasteiger partial charge is 0.466 e. The van der Waals surface area contributed by atoms with E-state index in [2.05, 4.69) is 19.2 Å². The standard InChI is InChI=1S/C12H23NO2/c1-4-15-12(14)7-8-13-11-6-5-9(2)10(11)3/h9-11,13H,4-8H2,1-3H3. The molecule has 0 aromatic rings. The van der Waals surface area contributed by atoms with Crippen molar-refractivity contribution in [2.75, 3.05) is 13.2 Å². The minimum atomic E-state index is -0.0938. The van der Waals surface area contributed by atoms with E-state index in [4.69, 9.17) is 4.74 Å². The molecule has 1 fully saturated rings. The van der Waals surface area contributed by atoms with Gasteiger partial charge < -0.3 is 10.1 Å². The van der Waals surface area contributed by atoms with E-state index >= 15 is 0 Å². The number of hydrogen-bond donors (Lipinski definition) is 1. The normalized spacial score (nSPS) is 30.5. The molecule has 0 spiro atoms. The number of esters is 1. The Hall–Kier alpha value is -0.570. The Bertz CT molecular complexity index is 206. The Morgan fingerprint density at radius 1 is 1.40 bits per heavy atom. The van der Waals surface area contributed by atoms with Crippen molar-refractivity contribution in [3.8, 4) is 0 Å². The van der Waals surface area contributed by atoms with E-state index in [9.17, 15) is 4.79 Å². The molecule has 0 radical (unpaired) electrons. The summed E-state index contributed by atoms with van der Waals surface area (Å²) >= 11 is 0. The van der Waals surface area contributed by atoms with Gasteiger partial charge in [-0.05, 0) is 31.6 Å². The Morgan fingerprint density at radius 2 is 2.13 bits per heavy atom. The monoisotopic (exact) mass is 213 g/mol. The summed E-state index contributed by atoms with van der Waals surface area (Å²) in [6.45, 7) is 7.67. The van der Waals surface area contributed by atoms with E-state index < -0.39 is 0 Å². The number of ether oxygens (including phenoxy) is 1. The van der Waals surface area contributed by atoms with Gasteiger partial charge in [-0.25, -0.2) is 0 Å². The van der Waals surface area contributed by atoms with Gasteiger partial charge in [-0.3, -0.25) is 4.79 Å². The molecule has 0 amide bonds. The smallest absolute Gasteiger partial charge is 0.307 e. The van der Waals surface area contributed by atoms with Gasteiger partial charge >= 0.3 is 5.97 Å². The van der Waals surface area contributed by atoms with E-state index in [1.54, 1.807) is 0 Å². The summed E-state index contributed by atoms with van der Waals surface area (Å²) < 4.78 is 4.88. The highest BCUT2D eigenvalue weighted by atomic mass is 16.5. The van der Waals surface area contributed by atoms with Gasteiger partial charge in [-0.15, -0.1) is 0 Å². The Balaban J connectivity index is 2.13. The van der Waals surface area contributed by atoms with E-state index in [-0.39, 0.29) is 5.97 Å². The summed E-state index contributed by atoms with van der Waals surface area (Å²) in [4.78, 5) is 11.1. The molecule has 3 atom stereocenters. The zero-order valence-electron chi connectivity index (χ0n) is 10.1. The minimum absolute atomic E-state index is 0.0938. The lowest BCUT2D eigenvalue weighted by Crippen LogP contribution is -2.34. The zero-order valence-corrected chi connectivity index (χ0v) is 10.1. The van der Waals surface area contributed by atoms with Crippen LogP contribution in [-0.4, -0.2) is 25.2 Å². The number of carbonyl (C=O) groups is 1. The zero-order chi connectivity index (χ0) is 11.3. The third-order valence-electron chi connectivity index (χ3n) is 3.51. The first-order valence-corrected chi connectivity index (χ1v) is 6.04. The summed E-state index contributed by atoms with van der Waals surface area (Å²) in [6, 6.07) is 0.592. The first-order valence-electron chi connectivity index (χ1n) is 6.04. The van der Waals surface area contributed by atoms with Gasteiger partial charge in [0, 0.05) is 12.6 Å². The summed E-state index contributed by atoms with van der Waals surface area (Å²) in [7, 11) is 0. The van der Waals surface area contributed by atoms with Crippen molar-refractivity contribution >= 4 is 5.97 Å². The Labute approximate surface area is 92.6 Å². The molecule has 0 aliphatic heterocycles. The quantitative estimate of drug-likeness (QED) is 0.709. The van der Waals surface area contributed by atoms with Crippen LogP contribution in [0.25, 0.3) is 0 Å². The number of rotatable bonds is 5. The molecule has 0 heterocycles. The third kappa shape index (κ3) is 3.82. The van der Waals surface area contributed by atoms with Gasteiger partial charge in [0.2, 0.25) is 0 Å². The molecule has 1 aliphatic carbocycles. The van der Waals surface area contributed by atoms with Crippen LogP contribution in [0.1, 0.15) is 40.0 Å². The van der Waals surface area contributed by atoms with Crippen LogP contribution in [0.5, 0.6) is 0 Å². The molecule has 3 heteroatoms. The molecule has 3 unspecified atom stereocenters. The fourth-order valence-corrected chi connectivity index (χ4v) is 2.25. The predicted octanol–water partition coefficient (Wildman–Crippen LogP) is 1.96. The number of hydrogen-bond acceptors (Lipinski definition) is 3. The maximum absolute atomic E-state index is 11.1. The van der Waals surface area contributed by atoms with Crippen LogP contribution in [-0.2, 0) is 9.53 Å². The molecule has 1 aliphatic rings. The van der Waals surface area contributed by atoms with Crippen LogP contribution < -0.4 is 5.32 Å². The maximum atomic E-state index is 11.1. The van der Waals surface area contributed by atoms with Crippen LogP contribution in [0.2, 0.25) is 0 Å². The molecule has 0 saturated heterocycles. The van der Waals surface area contributed by atoms with Gasteiger partial charge in [0.25, 0.3) is 0 Å². The van der Waals surface area contributed by atoms with E-state index in [1.165, 1.54) is 12.8 Å². The second-order valence-corrected chi connectivity index (χ2v) is 4.53. The number of carbonyl (C=O) groups excluding carboxylic acids is 1. The van der Waals surface area contributed by atoms with Gasteiger partial charge in [0.15, 0.2) is 0 Å². The first-order chi connectivity index (χ1) is 7.15. The van der Waals surface area contributed by atoms with Crippen molar-refractivity contribution in [2.24, 2.45) is 11.8 Å². The van der Waals surface area contributed by atoms with Crippen molar-refractivity contribution in [1.29, 1.82) is 0 Å². The molecule has 3 nitrogen and oxygen atoms in total. The third-order valence-corrected chi connectivity index (χ3v) is 3.51. The summed E-state index contributed by atoms with van der Waals surface area (Å²) in [5.74, 6) is 1.45. The Kier molecular flexibility index (Phi) is 5.09. The lowest BCUT2D eigenvalue weighted by Gasteiger charge is -2.19. The molecule has 15 heavy (non-hydrogen) atoms. The van der Waals surface area contributed by atoms with Crippen LogP contribution >= 0.6 is 0 Å². The van der Waals surface area contributed by atoms with Crippen molar-refractivity contribution in [3.63, 3.8) is 0 Å². The summed E-state index contributed by atoms with van der Waals surface area (Å²) in [5.41, 5.74) is 0. The Morgan fingerprint density at radius 3 is 2.67 bits per heavy atom. The van der Waals surface area contributed by atoms with E-state index in [0.717, 1.165) is 18.4 Å². The van der Waals surface area contributed by atoms with Crippen LogP contribution in [0.3, 0.4) is 0 Å². The van der Waals surface area contributed by atoms with Crippen LogP contribution in [0.15, 0.2) is 0 Å². The van der Waals surface area contributed by atoms with Gasteiger partial charge in [0.1, 0.15) is 0 Å². The lowest BCUT2D eigenvalue weighted by molar-refractivity contribution is -0.143. The second kappa shape index (κ2) is 6.11. The molecule has 1 saturated carbocycles. The first kappa shape index (κ1) is 12.5. The summed E-state index contributed by atoms with van der Waals surface area (Å²) in [6.07, 6.45) is 3.04. The fraction of sp³-hybridized carbons (Fsp3) is 0.917. The SMILES string of the molecule is CCOC(=O)CCNC1CCC(C)C1C.